The third kappa shape index (κ3) is 3.46. The van der Waals surface area contributed by atoms with E-state index >= 15 is 0 Å². The lowest BCUT2D eigenvalue weighted by molar-refractivity contribution is 0.0764. The molecule has 0 fully saturated rings. The summed E-state index contributed by atoms with van der Waals surface area (Å²) < 4.78 is 10.7. The Hall–Kier alpha value is -2.53. The molecule has 0 aliphatic carbocycles. The fourth-order valence-electron chi connectivity index (χ4n) is 2.23. The van der Waals surface area contributed by atoms with Crippen LogP contribution in [0.1, 0.15) is 22.0 Å². The number of amides is 1. The second-order valence-corrected chi connectivity index (χ2v) is 5.70. The molecule has 2 heterocycles. The maximum absolute atomic E-state index is 12.4. The van der Waals surface area contributed by atoms with E-state index in [2.05, 4.69) is 5.16 Å². The molecule has 23 heavy (non-hydrogen) atoms. The average Bonchev–Trinajstić information content (AvgIpc) is 3.16. The summed E-state index contributed by atoms with van der Waals surface area (Å²) in [5, 5.41) is 4.44. The average molecular weight is 331 g/mol. The molecule has 0 N–H and O–H groups in total. The maximum Gasteiger partial charge on any atom is 0.276 e. The van der Waals surface area contributed by atoms with Gasteiger partial charge in [0.05, 0.1) is 6.54 Å². The van der Waals surface area contributed by atoms with Crippen molar-refractivity contribution in [2.75, 3.05) is 7.05 Å². The van der Waals surface area contributed by atoms with Crippen molar-refractivity contribution in [3.63, 3.8) is 0 Å². The quantitative estimate of drug-likeness (QED) is 0.720. The Morgan fingerprint density at radius 1 is 1.26 bits per heavy atom. The molecule has 2 aromatic heterocycles. The molecule has 1 amide bonds. The first kappa shape index (κ1) is 15.4. The van der Waals surface area contributed by atoms with Crippen LogP contribution in [0, 0.1) is 6.92 Å². The molecule has 0 unspecified atom stereocenters. The second-order valence-electron chi connectivity index (χ2n) is 5.26. The molecule has 3 aromatic rings. The molecular weight excluding hydrogens is 316 g/mol. The Morgan fingerprint density at radius 3 is 2.78 bits per heavy atom. The normalized spacial score (nSPS) is 10.7. The number of carbonyl (C=O) groups is 1. The van der Waals surface area contributed by atoms with Crippen molar-refractivity contribution in [3.05, 3.63) is 64.7 Å². The van der Waals surface area contributed by atoms with Crippen LogP contribution in [0.3, 0.4) is 0 Å². The minimum Gasteiger partial charge on any atom is -0.464 e. The van der Waals surface area contributed by atoms with Crippen LogP contribution in [-0.4, -0.2) is 23.0 Å². The molecule has 1 aromatic carbocycles. The van der Waals surface area contributed by atoms with Crippen LogP contribution in [0.15, 0.2) is 51.4 Å². The minimum atomic E-state index is -0.240. The van der Waals surface area contributed by atoms with E-state index in [-0.39, 0.29) is 11.6 Å². The third-order valence-corrected chi connectivity index (χ3v) is 3.61. The third-order valence-electron chi connectivity index (χ3n) is 3.37. The number of nitrogens with zero attached hydrogens (tertiary/aromatic N) is 2. The van der Waals surface area contributed by atoms with Gasteiger partial charge < -0.3 is 13.8 Å². The Kier molecular flexibility index (Phi) is 4.21. The summed E-state index contributed by atoms with van der Waals surface area (Å²) in [4.78, 5) is 13.9. The second kappa shape index (κ2) is 6.30. The van der Waals surface area contributed by atoms with Crippen molar-refractivity contribution in [1.29, 1.82) is 0 Å². The highest BCUT2D eigenvalue weighted by atomic mass is 35.5. The van der Waals surface area contributed by atoms with Gasteiger partial charge >= 0.3 is 0 Å². The summed E-state index contributed by atoms with van der Waals surface area (Å²) in [7, 11) is 1.69. The zero-order chi connectivity index (χ0) is 16.4. The number of rotatable bonds is 4. The van der Waals surface area contributed by atoms with Crippen LogP contribution >= 0.6 is 11.6 Å². The first-order valence-electron chi connectivity index (χ1n) is 7.06. The zero-order valence-corrected chi connectivity index (χ0v) is 13.5. The molecule has 118 valence electrons. The number of aryl methyl sites for hydroxylation is 1. The summed E-state index contributed by atoms with van der Waals surface area (Å²) in [6.45, 7) is 2.23. The molecule has 0 saturated heterocycles. The Labute approximate surface area is 138 Å². The molecule has 0 aliphatic rings. The van der Waals surface area contributed by atoms with E-state index in [1.54, 1.807) is 25.2 Å². The summed E-state index contributed by atoms with van der Waals surface area (Å²) in [6, 6.07) is 12.5. The first-order valence-corrected chi connectivity index (χ1v) is 7.44. The predicted molar refractivity (Wildman–Crippen MR) is 86.2 cm³/mol. The fourth-order valence-corrected chi connectivity index (χ4v) is 2.42. The Balaban J connectivity index is 1.75. The highest BCUT2D eigenvalue weighted by Crippen LogP contribution is 2.24. The topological polar surface area (TPSA) is 59.5 Å². The minimum absolute atomic E-state index is 0.240. The Morgan fingerprint density at radius 2 is 2.09 bits per heavy atom. The number of carbonyl (C=O) groups excluding carboxylic acids is 1. The first-order chi connectivity index (χ1) is 11.0. The monoisotopic (exact) mass is 330 g/mol. The molecule has 0 atom stereocenters. The standard InChI is InChI=1S/C17H15ClN2O3/c1-11-6-7-14(22-11)10-20(2)17(21)15-9-16(23-19-15)12-4-3-5-13(18)8-12/h3-9H,10H2,1-2H3. The zero-order valence-electron chi connectivity index (χ0n) is 12.7. The highest BCUT2D eigenvalue weighted by Gasteiger charge is 2.18. The fraction of sp³-hybridized carbons (Fsp3) is 0.176. The van der Waals surface area contributed by atoms with Gasteiger partial charge in [0, 0.05) is 23.7 Å². The van der Waals surface area contributed by atoms with Gasteiger partial charge in [0.15, 0.2) is 11.5 Å². The van der Waals surface area contributed by atoms with Crippen molar-refractivity contribution in [2.24, 2.45) is 0 Å². The van der Waals surface area contributed by atoms with Crippen molar-refractivity contribution in [2.45, 2.75) is 13.5 Å². The van der Waals surface area contributed by atoms with E-state index in [1.165, 1.54) is 4.90 Å². The van der Waals surface area contributed by atoms with Crippen molar-refractivity contribution >= 4 is 17.5 Å². The largest absolute Gasteiger partial charge is 0.464 e. The lowest BCUT2D eigenvalue weighted by Crippen LogP contribution is -2.26. The maximum atomic E-state index is 12.4. The number of halogens is 1. The van der Waals surface area contributed by atoms with Crippen LogP contribution in [-0.2, 0) is 6.54 Å². The molecular formula is C17H15ClN2O3. The number of hydrogen-bond acceptors (Lipinski definition) is 4. The summed E-state index contributed by atoms with van der Waals surface area (Å²) in [6.07, 6.45) is 0. The molecule has 3 rings (SSSR count). The van der Waals surface area contributed by atoms with E-state index in [9.17, 15) is 4.79 Å². The predicted octanol–water partition coefficient (Wildman–Crippen LogP) is 4.17. The van der Waals surface area contributed by atoms with Gasteiger partial charge in [-0.2, -0.15) is 0 Å². The van der Waals surface area contributed by atoms with E-state index in [1.807, 2.05) is 31.2 Å². The summed E-state index contributed by atoms with van der Waals surface area (Å²) in [5.74, 6) is 1.79. The smallest absolute Gasteiger partial charge is 0.276 e. The van der Waals surface area contributed by atoms with Gasteiger partial charge in [-0.1, -0.05) is 28.9 Å². The van der Waals surface area contributed by atoms with E-state index in [4.69, 9.17) is 20.5 Å². The number of furan rings is 1. The van der Waals surface area contributed by atoms with Crippen LogP contribution in [0.5, 0.6) is 0 Å². The van der Waals surface area contributed by atoms with E-state index in [0.717, 1.165) is 17.1 Å². The van der Waals surface area contributed by atoms with Crippen LogP contribution in [0.2, 0.25) is 5.02 Å². The highest BCUT2D eigenvalue weighted by molar-refractivity contribution is 6.30. The molecule has 6 heteroatoms. The van der Waals surface area contributed by atoms with Crippen molar-refractivity contribution in [3.8, 4) is 11.3 Å². The summed E-state index contributed by atoms with van der Waals surface area (Å²) in [5.41, 5.74) is 1.01. The SMILES string of the molecule is Cc1ccc(CN(C)C(=O)c2cc(-c3cccc(Cl)c3)on2)o1. The van der Waals surface area contributed by atoms with Gasteiger partial charge in [0.2, 0.25) is 0 Å². The van der Waals surface area contributed by atoms with Crippen molar-refractivity contribution in [1.82, 2.24) is 10.1 Å². The van der Waals surface area contributed by atoms with Gasteiger partial charge in [0.25, 0.3) is 5.91 Å². The molecule has 0 spiro atoms. The molecule has 0 bridgehead atoms. The van der Waals surface area contributed by atoms with Gasteiger partial charge in [-0.05, 0) is 31.2 Å². The molecule has 0 aliphatic heterocycles. The van der Waals surface area contributed by atoms with Crippen LogP contribution in [0.4, 0.5) is 0 Å². The van der Waals surface area contributed by atoms with E-state index < -0.39 is 0 Å². The Bertz CT molecular complexity index is 838. The van der Waals surface area contributed by atoms with Gasteiger partial charge in [0.1, 0.15) is 11.5 Å². The lowest BCUT2D eigenvalue weighted by atomic mass is 10.1. The van der Waals surface area contributed by atoms with Gasteiger partial charge in [-0.15, -0.1) is 0 Å². The summed E-state index contributed by atoms with van der Waals surface area (Å²) >= 11 is 5.96. The molecule has 0 radical (unpaired) electrons. The van der Waals surface area contributed by atoms with Crippen LogP contribution in [0.25, 0.3) is 11.3 Å². The number of benzene rings is 1. The van der Waals surface area contributed by atoms with Gasteiger partial charge in [-0.3, -0.25) is 4.79 Å². The number of hydrogen-bond donors (Lipinski definition) is 0. The number of aromatic nitrogens is 1. The molecule has 0 saturated carbocycles. The lowest BCUT2D eigenvalue weighted by Gasteiger charge is -2.13. The van der Waals surface area contributed by atoms with E-state index in [0.29, 0.717) is 17.3 Å². The molecule has 5 nitrogen and oxygen atoms in total. The van der Waals surface area contributed by atoms with Gasteiger partial charge in [-0.25, -0.2) is 0 Å². The van der Waals surface area contributed by atoms with Crippen LogP contribution < -0.4 is 0 Å². The van der Waals surface area contributed by atoms with Crippen molar-refractivity contribution < 1.29 is 13.7 Å².